The molecule has 0 bridgehead atoms. The first-order valence-corrected chi connectivity index (χ1v) is 0.935. The van der Waals surface area contributed by atoms with Crippen LogP contribution in [0.2, 0.25) is 0 Å². The zero-order valence-electron chi connectivity index (χ0n) is 5.83. The molecule has 9 heteroatoms. The average molecular weight is 156 g/mol. The van der Waals surface area contributed by atoms with Gasteiger partial charge in [0.2, 0.25) is 0 Å². The maximum atomic E-state index is 7.44. The Labute approximate surface area is 75.1 Å². The molecule has 0 spiro atoms. The van der Waals surface area contributed by atoms with Gasteiger partial charge >= 0.3 is 36.9 Å². The summed E-state index contributed by atoms with van der Waals surface area (Å²) in [6.45, 7) is 0. The largest absolute Gasteiger partial charge is 1.00 e. The van der Waals surface area contributed by atoms with Gasteiger partial charge in [-0.05, 0) is 0 Å². The Morgan fingerprint density at radius 2 is 1.22 bits per heavy atom. The van der Waals surface area contributed by atoms with Crippen LogP contribution >= 0.6 is 0 Å². The molecule has 0 amide bonds. The second-order valence-electron chi connectivity index (χ2n) is 0.432. The fourth-order valence-electron chi connectivity index (χ4n) is 0. The van der Waals surface area contributed by atoms with Crippen molar-refractivity contribution in [2.45, 2.75) is 0 Å². The van der Waals surface area contributed by atoms with Gasteiger partial charge in [0.25, 0.3) is 0 Å². The molecule has 0 saturated carbocycles. The van der Waals surface area contributed by atoms with Crippen molar-refractivity contribution >= 4 is 7.32 Å². The summed E-state index contributed by atoms with van der Waals surface area (Å²) >= 11 is 0. The maximum absolute atomic E-state index is 7.44. The topological polar surface area (TPSA) is 164 Å². The maximum Gasteiger partial charge on any atom is 1.00 e. The molecule has 0 heterocycles. The number of hydrogen-bond donors (Lipinski definition) is 3. The van der Waals surface area contributed by atoms with Gasteiger partial charge in [0.05, 0.1) is 0 Å². The Hall–Kier alpha value is 0.785. The molecular weight excluding hydrogens is 146 g/mol. The van der Waals surface area contributed by atoms with Crippen LogP contribution in [0.25, 0.3) is 0 Å². The molecular formula is H10BNaO7. The quantitative estimate of drug-likeness (QED) is 0.195. The summed E-state index contributed by atoms with van der Waals surface area (Å²) in [4.78, 5) is 2.86. The summed E-state index contributed by atoms with van der Waals surface area (Å²) in [6.07, 6.45) is 0. The van der Waals surface area contributed by atoms with Crippen molar-refractivity contribution in [3.05, 3.63) is 0 Å². The molecule has 0 aliphatic carbocycles. The molecule has 0 radical (unpaired) electrons. The second-order valence-corrected chi connectivity index (χ2v) is 0.432. The molecule has 0 saturated heterocycles. The van der Waals surface area contributed by atoms with Crippen molar-refractivity contribution in [2.24, 2.45) is 0 Å². The van der Waals surface area contributed by atoms with Crippen molar-refractivity contribution in [1.29, 1.82) is 0 Å². The van der Waals surface area contributed by atoms with Crippen LogP contribution in [0.1, 0.15) is 1.43 Å². The van der Waals surface area contributed by atoms with Crippen molar-refractivity contribution in [2.75, 3.05) is 0 Å². The Morgan fingerprint density at radius 1 is 1.11 bits per heavy atom. The van der Waals surface area contributed by atoms with Crippen LogP contribution in [0.3, 0.4) is 0 Å². The van der Waals surface area contributed by atoms with E-state index >= 15 is 0 Å². The van der Waals surface area contributed by atoms with E-state index in [4.69, 9.17) is 15.3 Å². The van der Waals surface area contributed by atoms with Gasteiger partial charge in [-0.2, -0.15) is 0 Å². The first-order chi connectivity index (χ1) is 2.27. The van der Waals surface area contributed by atoms with Gasteiger partial charge in [0.15, 0.2) is 0 Å². The van der Waals surface area contributed by atoms with E-state index in [1.165, 1.54) is 0 Å². The predicted octanol–water partition coefficient (Wildman–Crippen LogP) is -6.91. The molecule has 0 atom stereocenters. The third-order valence-electron chi connectivity index (χ3n) is 0.0943. The minimum absolute atomic E-state index is 0. The molecule has 0 fully saturated rings. The summed E-state index contributed by atoms with van der Waals surface area (Å²) in [5.41, 5.74) is 0. The first kappa shape index (κ1) is 33.0. The summed E-state index contributed by atoms with van der Waals surface area (Å²) in [5.74, 6) is 0. The molecule has 0 aliphatic heterocycles. The van der Waals surface area contributed by atoms with Gasteiger partial charge in [0, 0.05) is 0 Å². The van der Waals surface area contributed by atoms with E-state index in [0.29, 0.717) is 0 Å². The van der Waals surface area contributed by atoms with E-state index < -0.39 is 7.32 Å². The standard InChI is InChI=1S/BH3O4.Na.3H2O.H/c2-1(3)5-4;;;;;/h2-4H;;3*1H2;/q;+1;;;;-1. The zero-order chi connectivity index (χ0) is 4.28. The van der Waals surface area contributed by atoms with Gasteiger partial charge in [-0.3, -0.25) is 5.26 Å². The van der Waals surface area contributed by atoms with Gasteiger partial charge in [-0.1, -0.05) is 0 Å². The molecule has 7 nitrogen and oxygen atoms in total. The molecule has 0 aliphatic rings. The van der Waals surface area contributed by atoms with Gasteiger partial charge < -0.3 is 27.9 Å². The summed E-state index contributed by atoms with van der Waals surface area (Å²) in [5, 5.41) is 22.0. The molecule has 0 unspecified atom stereocenters. The normalized spacial score (nSPS) is 4.33. The van der Waals surface area contributed by atoms with Crippen molar-refractivity contribution < 1.29 is 67.5 Å². The van der Waals surface area contributed by atoms with Crippen molar-refractivity contribution in [3.63, 3.8) is 0 Å². The Morgan fingerprint density at radius 3 is 1.22 bits per heavy atom. The minimum Gasteiger partial charge on any atom is -1.00 e. The van der Waals surface area contributed by atoms with Crippen LogP contribution in [0, 0.1) is 0 Å². The third kappa shape index (κ3) is 52.1. The van der Waals surface area contributed by atoms with E-state index in [-0.39, 0.29) is 47.4 Å². The third-order valence-corrected chi connectivity index (χ3v) is 0.0943. The van der Waals surface area contributed by atoms with Crippen LogP contribution in [0.15, 0.2) is 0 Å². The predicted molar refractivity (Wildman–Crippen MR) is 25.9 cm³/mol. The number of hydrogen-bond acceptors (Lipinski definition) is 4. The SMILES string of the molecule is O.O.O.OOB(O)O.[H-].[Na+]. The summed E-state index contributed by atoms with van der Waals surface area (Å²) in [7, 11) is -2.06. The molecule has 0 rings (SSSR count). The average Bonchev–Trinajstić information content (AvgIpc) is 1.38. The van der Waals surface area contributed by atoms with Crippen LogP contribution in [-0.2, 0) is 4.81 Å². The van der Waals surface area contributed by atoms with Crippen molar-refractivity contribution in [3.8, 4) is 0 Å². The first-order valence-electron chi connectivity index (χ1n) is 0.935. The van der Waals surface area contributed by atoms with Crippen LogP contribution < -0.4 is 29.6 Å². The van der Waals surface area contributed by atoms with Crippen LogP contribution in [-0.4, -0.2) is 39.1 Å². The van der Waals surface area contributed by atoms with E-state index in [1.807, 2.05) is 0 Å². The van der Waals surface area contributed by atoms with Crippen molar-refractivity contribution in [1.82, 2.24) is 0 Å². The second kappa shape index (κ2) is 23.3. The van der Waals surface area contributed by atoms with Crippen LogP contribution in [0.5, 0.6) is 0 Å². The summed E-state index contributed by atoms with van der Waals surface area (Å²) < 4.78 is 0. The Bertz CT molecular complexity index is 27.6. The smallest absolute Gasteiger partial charge is 1.00 e. The fraction of sp³-hybridized carbons (Fsp3) is 0. The summed E-state index contributed by atoms with van der Waals surface area (Å²) in [6, 6.07) is 0. The minimum atomic E-state index is -2.06. The van der Waals surface area contributed by atoms with E-state index in [1.54, 1.807) is 0 Å². The van der Waals surface area contributed by atoms with Gasteiger partial charge in [-0.25, -0.2) is 4.81 Å². The van der Waals surface area contributed by atoms with E-state index in [2.05, 4.69) is 4.81 Å². The van der Waals surface area contributed by atoms with Crippen LogP contribution in [0.4, 0.5) is 0 Å². The molecule has 9 N–H and O–H groups in total. The zero-order valence-corrected chi connectivity index (χ0v) is 6.83. The molecule has 0 aromatic carbocycles. The molecule has 0 aromatic heterocycles. The Balaban J connectivity index is -0.00000000800. The van der Waals surface area contributed by atoms with E-state index in [9.17, 15) is 0 Å². The van der Waals surface area contributed by atoms with Gasteiger partial charge in [0.1, 0.15) is 0 Å². The number of rotatable bonds is 1. The Kier molecular flexibility index (Phi) is 85.2. The molecule has 56 valence electrons. The van der Waals surface area contributed by atoms with Gasteiger partial charge in [-0.15, -0.1) is 0 Å². The monoisotopic (exact) mass is 156 g/mol. The fourth-order valence-corrected chi connectivity index (χ4v) is 0. The molecule has 0 aromatic rings. The van der Waals surface area contributed by atoms with E-state index in [0.717, 1.165) is 0 Å². The molecule has 9 heavy (non-hydrogen) atoms.